The predicted octanol–water partition coefficient (Wildman–Crippen LogP) is 2.76. The van der Waals surface area contributed by atoms with Gasteiger partial charge in [-0.1, -0.05) is 31.0 Å². The number of carbonyl (C=O) groups is 1. The average Bonchev–Trinajstić information content (AvgIpc) is 3.21. The third-order valence-electron chi connectivity index (χ3n) is 6.42. The zero-order valence-corrected chi connectivity index (χ0v) is 16.4. The number of carbonyl (C=O) groups excluding carboxylic acids is 1. The first-order valence-corrected chi connectivity index (χ1v) is 10.5. The summed E-state index contributed by atoms with van der Waals surface area (Å²) in [6, 6.07) is 9.94. The monoisotopic (exact) mass is 391 g/mol. The van der Waals surface area contributed by atoms with Crippen LogP contribution in [0.2, 0.25) is 0 Å². The number of piperidine rings is 1. The van der Waals surface area contributed by atoms with Crippen LogP contribution in [0, 0.1) is 5.92 Å². The van der Waals surface area contributed by atoms with Crippen molar-refractivity contribution >= 4 is 16.9 Å². The molecule has 3 aromatic rings. The molecule has 29 heavy (non-hydrogen) atoms. The van der Waals surface area contributed by atoms with E-state index < -0.39 is 0 Å². The molecule has 0 radical (unpaired) electrons. The van der Waals surface area contributed by atoms with Crippen LogP contribution in [-0.2, 0) is 11.3 Å². The van der Waals surface area contributed by atoms with Gasteiger partial charge in [-0.3, -0.25) is 14.2 Å². The summed E-state index contributed by atoms with van der Waals surface area (Å²) in [6.07, 6.45) is 10.1. The third kappa shape index (κ3) is 3.24. The summed E-state index contributed by atoms with van der Waals surface area (Å²) in [7, 11) is 0. The van der Waals surface area contributed by atoms with Crippen LogP contribution >= 0.6 is 0 Å². The highest BCUT2D eigenvalue weighted by Crippen LogP contribution is 2.35. The largest absolute Gasteiger partial charge is 0.338 e. The molecular weight excluding hydrogens is 366 g/mol. The molecule has 2 aromatic heterocycles. The normalized spacial score (nSPS) is 21.9. The van der Waals surface area contributed by atoms with Gasteiger partial charge in [-0.2, -0.15) is 5.10 Å². The lowest BCUT2D eigenvalue weighted by atomic mass is 9.78. The number of likely N-dealkylation sites (tertiary alicyclic amines) is 1. The van der Waals surface area contributed by atoms with E-state index in [2.05, 4.69) is 10.1 Å². The fourth-order valence-corrected chi connectivity index (χ4v) is 4.99. The number of rotatable bonds is 3. The van der Waals surface area contributed by atoms with Crippen molar-refractivity contribution in [2.75, 3.05) is 6.54 Å². The molecule has 1 aliphatic heterocycles. The average molecular weight is 391 g/mol. The van der Waals surface area contributed by atoms with Crippen molar-refractivity contribution in [3.63, 3.8) is 0 Å². The van der Waals surface area contributed by atoms with E-state index in [1.54, 1.807) is 4.68 Å². The van der Waals surface area contributed by atoms with Gasteiger partial charge in [-0.25, -0.2) is 9.67 Å². The predicted molar refractivity (Wildman–Crippen MR) is 110 cm³/mol. The van der Waals surface area contributed by atoms with Crippen LogP contribution in [0.25, 0.3) is 16.7 Å². The molecule has 2 fully saturated rings. The molecule has 7 nitrogen and oxygen atoms in total. The minimum atomic E-state index is -0.220. The topological polar surface area (TPSA) is 73.0 Å². The summed E-state index contributed by atoms with van der Waals surface area (Å²) in [4.78, 5) is 32.5. The maximum Gasteiger partial charge on any atom is 0.264 e. The number of para-hydroxylation sites is 1. The molecule has 1 amide bonds. The van der Waals surface area contributed by atoms with Crippen molar-refractivity contribution in [1.29, 1.82) is 0 Å². The maximum absolute atomic E-state index is 13.1. The van der Waals surface area contributed by atoms with Crippen LogP contribution in [0.15, 0.2) is 47.7 Å². The van der Waals surface area contributed by atoms with Crippen molar-refractivity contribution in [1.82, 2.24) is 24.2 Å². The summed E-state index contributed by atoms with van der Waals surface area (Å²) in [5.41, 5.74) is 1.14. The Hall–Kier alpha value is -2.96. The van der Waals surface area contributed by atoms with Gasteiger partial charge in [0.1, 0.15) is 18.3 Å². The molecule has 1 saturated carbocycles. The molecule has 5 rings (SSSR count). The molecule has 7 heteroatoms. The van der Waals surface area contributed by atoms with E-state index in [0.717, 1.165) is 25.1 Å². The van der Waals surface area contributed by atoms with E-state index in [1.807, 2.05) is 35.2 Å². The Kier molecular flexibility index (Phi) is 4.66. The molecule has 1 aliphatic carbocycles. The van der Waals surface area contributed by atoms with Gasteiger partial charge < -0.3 is 4.90 Å². The first kappa shape index (κ1) is 18.1. The SMILES string of the molecule is O=C(Cn1cnc2c(cnn2-c2ccccc2)c1=O)N1CCC[C@@H]2CCCC[C@@H]21. The van der Waals surface area contributed by atoms with E-state index in [-0.39, 0.29) is 18.0 Å². The van der Waals surface area contributed by atoms with E-state index in [1.165, 1.54) is 42.8 Å². The minimum Gasteiger partial charge on any atom is -0.338 e. The number of amides is 1. The Morgan fingerprint density at radius 3 is 2.72 bits per heavy atom. The Balaban J connectivity index is 1.41. The second kappa shape index (κ2) is 7.46. The number of benzene rings is 1. The van der Waals surface area contributed by atoms with Crippen molar-refractivity contribution in [3.05, 3.63) is 53.2 Å². The standard InChI is InChI=1S/C22H25N5O2/c28-20(26-12-6-8-16-7-4-5-11-19(16)26)14-25-15-23-21-18(22(25)29)13-24-27(21)17-9-2-1-3-10-17/h1-3,9-10,13,15-16,19H,4-8,11-12,14H2/t16-,19-/m0/s1. The molecule has 2 aliphatic rings. The lowest BCUT2D eigenvalue weighted by Crippen LogP contribution is -2.51. The van der Waals surface area contributed by atoms with Gasteiger partial charge in [0.2, 0.25) is 5.91 Å². The molecule has 0 unspecified atom stereocenters. The smallest absolute Gasteiger partial charge is 0.264 e. The summed E-state index contributed by atoms with van der Waals surface area (Å²) in [6.45, 7) is 0.845. The van der Waals surface area contributed by atoms with Gasteiger partial charge in [0, 0.05) is 12.6 Å². The molecule has 1 saturated heterocycles. The number of fused-ring (bicyclic) bond motifs is 2. The highest BCUT2D eigenvalue weighted by molar-refractivity contribution is 5.78. The Bertz CT molecular complexity index is 1090. The van der Waals surface area contributed by atoms with Gasteiger partial charge in [0.25, 0.3) is 5.56 Å². The quantitative estimate of drug-likeness (QED) is 0.688. The summed E-state index contributed by atoms with van der Waals surface area (Å²) >= 11 is 0. The van der Waals surface area contributed by atoms with E-state index >= 15 is 0 Å². The molecule has 0 bridgehead atoms. The molecule has 3 heterocycles. The Labute approximate surface area is 169 Å². The van der Waals surface area contributed by atoms with E-state index in [9.17, 15) is 9.59 Å². The van der Waals surface area contributed by atoms with Gasteiger partial charge >= 0.3 is 0 Å². The fourth-order valence-electron chi connectivity index (χ4n) is 4.99. The summed E-state index contributed by atoms with van der Waals surface area (Å²) in [5, 5.41) is 4.76. The van der Waals surface area contributed by atoms with Gasteiger partial charge in [-0.15, -0.1) is 0 Å². The second-order valence-corrected chi connectivity index (χ2v) is 8.15. The van der Waals surface area contributed by atoms with Gasteiger partial charge in [-0.05, 0) is 43.7 Å². The van der Waals surface area contributed by atoms with Crippen LogP contribution in [0.5, 0.6) is 0 Å². The lowest BCUT2D eigenvalue weighted by Gasteiger charge is -2.44. The maximum atomic E-state index is 13.1. The third-order valence-corrected chi connectivity index (χ3v) is 6.42. The van der Waals surface area contributed by atoms with Gasteiger partial charge in [0.15, 0.2) is 5.65 Å². The Morgan fingerprint density at radius 2 is 1.86 bits per heavy atom. The Morgan fingerprint density at radius 1 is 1.07 bits per heavy atom. The molecule has 150 valence electrons. The number of nitrogens with zero attached hydrogens (tertiary/aromatic N) is 5. The van der Waals surface area contributed by atoms with Crippen molar-refractivity contribution in [2.45, 2.75) is 51.1 Å². The van der Waals surface area contributed by atoms with Crippen molar-refractivity contribution in [2.24, 2.45) is 5.92 Å². The van der Waals surface area contributed by atoms with Crippen LogP contribution in [0.4, 0.5) is 0 Å². The zero-order valence-electron chi connectivity index (χ0n) is 16.4. The summed E-state index contributed by atoms with van der Waals surface area (Å²) < 4.78 is 3.08. The first-order valence-electron chi connectivity index (χ1n) is 10.5. The second-order valence-electron chi connectivity index (χ2n) is 8.15. The lowest BCUT2D eigenvalue weighted by molar-refractivity contribution is -0.138. The van der Waals surface area contributed by atoms with Crippen LogP contribution in [0.1, 0.15) is 38.5 Å². The van der Waals surface area contributed by atoms with Gasteiger partial charge in [0.05, 0.1) is 11.9 Å². The van der Waals surface area contributed by atoms with Crippen LogP contribution in [0.3, 0.4) is 0 Å². The molecular formula is C22H25N5O2. The van der Waals surface area contributed by atoms with E-state index in [4.69, 9.17) is 0 Å². The molecule has 0 spiro atoms. The first-order chi connectivity index (χ1) is 14.2. The van der Waals surface area contributed by atoms with E-state index in [0.29, 0.717) is 23.0 Å². The molecule has 2 atom stereocenters. The zero-order chi connectivity index (χ0) is 19.8. The van der Waals surface area contributed by atoms with Crippen molar-refractivity contribution < 1.29 is 4.79 Å². The molecule has 0 N–H and O–H groups in total. The van der Waals surface area contributed by atoms with Crippen LogP contribution < -0.4 is 5.56 Å². The number of hydrogen-bond donors (Lipinski definition) is 0. The van der Waals surface area contributed by atoms with Crippen molar-refractivity contribution in [3.8, 4) is 5.69 Å². The highest BCUT2D eigenvalue weighted by Gasteiger charge is 2.35. The van der Waals surface area contributed by atoms with Crippen LogP contribution in [-0.4, -0.2) is 42.7 Å². The highest BCUT2D eigenvalue weighted by atomic mass is 16.2. The number of hydrogen-bond acceptors (Lipinski definition) is 4. The minimum absolute atomic E-state index is 0.0281. The summed E-state index contributed by atoms with van der Waals surface area (Å²) in [5.74, 6) is 0.656. The fraction of sp³-hybridized carbons (Fsp3) is 0.455. The molecule has 1 aromatic carbocycles. The number of aromatic nitrogens is 4.